The highest BCUT2D eigenvalue weighted by atomic mass is 32.2. The number of nitro benzene ring substituents is 1. The number of thiocarbonyl (C=S) groups is 1. The molecule has 1 N–H and O–H groups in total. The van der Waals surface area contributed by atoms with E-state index in [1.807, 2.05) is 25.1 Å². The molecule has 3 aliphatic heterocycles. The zero-order valence-corrected chi connectivity index (χ0v) is 22.0. The van der Waals surface area contributed by atoms with E-state index >= 15 is 0 Å². The van der Waals surface area contributed by atoms with Crippen molar-refractivity contribution in [1.82, 2.24) is 14.8 Å². The molecule has 4 atom stereocenters. The molecule has 2 aromatic rings. The van der Waals surface area contributed by atoms with Crippen molar-refractivity contribution in [3.05, 3.63) is 80.6 Å². The van der Waals surface area contributed by atoms with E-state index in [2.05, 4.69) is 9.88 Å². The number of fused-ring (bicyclic) bond motifs is 1. The molecule has 0 radical (unpaired) electrons. The number of carbonyl (C=O) groups excluding carboxylic acids is 1. The largest absolute Gasteiger partial charge is 0.477 e. The molecule has 3 aliphatic rings. The first-order valence-corrected chi connectivity index (χ1v) is 13.6. The van der Waals surface area contributed by atoms with Crippen LogP contribution in [0.4, 0.5) is 5.69 Å². The van der Waals surface area contributed by atoms with E-state index in [-0.39, 0.29) is 34.5 Å². The number of carbonyl (C=O) groups is 1. The van der Waals surface area contributed by atoms with Gasteiger partial charge in [-0.05, 0) is 61.4 Å². The van der Waals surface area contributed by atoms with Crippen molar-refractivity contribution in [2.45, 2.75) is 44.4 Å². The molecule has 0 saturated carbocycles. The van der Waals surface area contributed by atoms with Gasteiger partial charge in [0.2, 0.25) is 11.0 Å². The highest BCUT2D eigenvalue weighted by Crippen LogP contribution is 2.54. The van der Waals surface area contributed by atoms with E-state index in [0.29, 0.717) is 12.1 Å². The summed E-state index contributed by atoms with van der Waals surface area (Å²) in [6.07, 6.45) is 2.54. The zero-order chi connectivity index (χ0) is 26.1. The predicted octanol–water partition coefficient (Wildman–Crippen LogP) is 3.87. The van der Waals surface area contributed by atoms with E-state index in [4.69, 9.17) is 17.0 Å². The summed E-state index contributed by atoms with van der Waals surface area (Å²) >= 11 is 7.32. The van der Waals surface area contributed by atoms with Crippen LogP contribution in [0, 0.1) is 22.0 Å². The van der Waals surface area contributed by atoms with E-state index in [0.717, 1.165) is 42.2 Å². The van der Waals surface area contributed by atoms with Crippen LogP contribution in [-0.2, 0) is 22.7 Å². The van der Waals surface area contributed by atoms with Crippen LogP contribution in [0.3, 0.4) is 0 Å². The Morgan fingerprint density at radius 1 is 1.32 bits per heavy atom. The summed E-state index contributed by atoms with van der Waals surface area (Å²) in [7, 11) is 0. The van der Waals surface area contributed by atoms with Crippen molar-refractivity contribution in [1.29, 1.82) is 0 Å². The van der Waals surface area contributed by atoms with E-state index in [1.165, 1.54) is 12.1 Å². The van der Waals surface area contributed by atoms with Crippen LogP contribution < -0.4 is 0 Å². The summed E-state index contributed by atoms with van der Waals surface area (Å²) in [6, 6.07) is 12.0. The lowest BCUT2D eigenvalue weighted by Gasteiger charge is -2.44. The lowest BCUT2D eigenvalue weighted by Crippen LogP contribution is -2.61. The number of likely N-dealkylation sites (tertiary alicyclic amines) is 1. The molecule has 1 aromatic carbocycles. The molecule has 0 spiro atoms. The van der Waals surface area contributed by atoms with Crippen LogP contribution >= 0.6 is 24.0 Å². The fourth-order valence-electron chi connectivity index (χ4n) is 5.09. The van der Waals surface area contributed by atoms with Gasteiger partial charge in [-0.25, -0.2) is 0 Å². The maximum atomic E-state index is 13.1. The number of aliphatic hydroxyl groups is 1. The molecule has 0 unspecified atom stereocenters. The van der Waals surface area contributed by atoms with Crippen molar-refractivity contribution in [3.8, 4) is 0 Å². The number of benzene rings is 1. The third-order valence-corrected chi connectivity index (χ3v) is 8.94. The minimum absolute atomic E-state index is 0.00884. The van der Waals surface area contributed by atoms with Gasteiger partial charge < -0.3 is 9.84 Å². The monoisotopic (exact) mass is 540 g/mol. The van der Waals surface area contributed by atoms with Gasteiger partial charge in [-0.2, -0.15) is 0 Å². The number of nitrogens with zero attached hydrogens (tertiary/aromatic N) is 4. The van der Waals surface area contributed by atoms with Gasteiger partial charge in [0.1, 0.15) is 17.7 Å². The molecule has 5 rings (SSSR count). The van der Waals surface area contributed by atoms with Gasteiger partial charge in [-0.3, -0.25) is 29.7 Å². The van der Waals surface area contributed by atoms with Crippen molar-refractivity contribution >= 4 is 40.6 Å². The fourth-order valence-corrected chi connectivity index (χ4v) is 7.13. The van der Waals surface area contributed by atoms with Crippen molar-refractivity contribution in [2.75, 3.05) is 13.1 Å². The molecule has 1 aromatic heterocycles. The average molecular weight is 541 g/mol. The Morgan fingerprint density at radius 2 is 2.11 bits per heavy atom. The molecule has 9 nitrogen and oxygen atoms in total. The standard InChI is InChI=1S/C26H28N4O5S2/c1-2-20(31)21-24(32)29-22(26(36)35-15-16-6-8-19(9-7-16)30(33)34)23(37-25(21)29)17-10-12-28(13-17)14-18-5-3-4-11-27-18/h3-9,11,17,20-21,25,31H,2,10,12-15H2,1H3/t17-,20-,21+,25+/m0/s1. The van der Waals surface area contributed by atoms with Gasteiger partial charge in [0.15, 0.2) is 0 Å². The maximum Gasteiger partial charge on any atom is 0.269 e. The average Bonchev–Trinajstić information content (AvgIpc) is 3.50. The lowest BCUT2D eigenvalue weighted by molar-refractivity contribution is -0.384. The van der Waals surface area contributed by atoms with Gasteiger partial charge in [0.25, 0.3) is 5.69 Å². The normalized spacial score (nSPS) is 24.1. The van der Waals surface area contributed by atoms with E-state index in [9.17, 15) is 20.0 Å². The summed E-state index contributed by atoms with van der Waals surface area (Å²) < 4.78 is 5.96. The number of pyridine rings is 1. The first-order valence-electron chi connectivity index (χ1n) is 12.3. The second-order valence-electron chi connectivity index (χ2n) is 9.47. The number of ether oxygens (including phenoxy) is 1. The summed E-state index contributed by atoms with van der Waals surface area (Å²) in [6.45, 7) is 4.51. The van der Waals surface area contributed by atoms with Crippen LogP contribution in [0.1, 0.15) is 31.0 Å². The van der Waals surface area contributed by atoms with Crippen LogP contribution in [0.5, 0.6) is 0 Å². The SMILES string of the molecule is CC[C@H](O)[C@@H]1C(=O)N2C(C(=S)OCc3ccc([N+](=O)[O-])cc3)=C([C@H]3CCN(Cc4ccccn4)C3)S[C@H]12. The molecule has 4 heterocycles. The van der Waals surface area contributed by atoms with E-state index < -0.39 is 16.9 Å². The summed E-state index contributed by atoms with van der Waals surface area (Å²) in [5, 5.41) is 21.5. The number of nitro groups is 1. The van der Waals surface area contributed by atoms with Gasteiger partial charge >= 0.3 is 0 Å². The van der Waals surface area contributed by atoms with E-state index in [1.54, 1.807) is 35.0 Å². The Bertz CT molecular complexity index is 1220. The van der Waals surface area contributed by atoms with Crippen LogP contribution in [-0.4, -0.2) is 60.3 Å². The zero-order valence-electron chi connectivity index (χ0n) is 20.4. The number of aliphatic hydroxyl groups excluding tert-OH is 1. The smallest absolute Gasteiger partial charge is 0.269 e. The minimum atomic E-state index is -0.694. The summed E-state index contributed by atoms with van der Waals surface area (Å²) in [4.78, 5) is 33.1. The first kappa shape index (κ1) is 25.8. The number of rotatable bonds is 9. The number of thioether (sulfide) groups is 1. The molecule has 37 heavy (non-hydrogen) atoms. The Morgan fingerprint density at radius 3 is 2.78 bits per heavy atom. The molecule has 11 heteroatoms. The highest BCUT2D eigenvalue weighted by molar-refractivity contribution is 8.04. The number of non-ortho nitro benzene ring substituents is 1. The summed E-state index contributed by atoms with van der Waals surface area (Å²) in [5.74, 6) is -0.380. The quantitative estimate of drug-likeness (QED) is 0.219. The number of β-lactam (4-membered cyclic amide) rings is 1. The van der Waals surface area contributed by atoms with Gasteiger partial charge in [0, 0.05) is 42.2 Å². The second-order valence-corrected chi connectivity index (χ2v) is 11.0. The van der Waals surface area contributed by atoms with Gasteiger partial charge in [0.05, 0.1) is 22.6 Å². The van der Waals surface area contributed by atoms with Crippen LogP contribution in [0.2, 0.25) is 0 Å². The molecule has 0 aliphatic carbocycles. The lowest BCUT2D eigenvalue weighted by atomic mass is 9.89. The predicted molar refractivity (Wildman–Crippen MR) is 143 cm³/mol. The van der Waals surface area contributed by atoms with Crippen molar-refractivity contribution in [3.63, 3.8) is 0 Å². The molecular weight excluding hydrogens is 512 g/mol. The van der Waals surface area contributed by atoms with Crippen LogP contribution in [0.25, 0.3) is 0 Å². The van der Waals surface area contributed by atoms with Crippen molar-refractivity contribution < 1.29 is 19.6 Å². The summed E-state index contributed by atoms with van der Waals surface area (Å²) in [5.41, 5.74) is 2.41. The number of aromatic nitrogens is 1. The number of hydrogen-bond donors (Lipinski definition) is 1. The Balaban J connectivity index is 1.33. The molecule has 1 amide bonds. The Kier molecular flexibility index (Phi) is 7.57. The number of hydrogen-bond acceptors (Lipinski definition) is 9. The molecule has 2 fully saturated rings. The van der Waals surface area contributed by atoms with Crippen molar-refractivity contribution in [2.24, 2.45) is 11.8 Å². The van der Waals surface area contributed by atoms with Crippen LogP contribution in [0.15, 0.2) is 59.3 Å². The van der Waals surface area contributed by atoms with Gasteiger partial charge in [-0.1, -0.05) is 13.0 Å². The molecule has 194 valence electrons. The minimum Gasteiger partial charge on any atom is -0.477 e. The maximum absolute atomic E-state index is 13.1. The second kappa shape index (κ2) is 10.9. The third kappa shape index (κ3) is 5.13. The third-order valence-electron chi connectivity index (χ3n) is 7.10. The van der Waals surface area contributed by atoms with Gasteiger partial charge in [-0.15, -0.1) is 11.8 Å². The molecule has 2 saturated heterocycles. The highest BCUT2D eigenvalue weighted by Gasteiger charge is 2.58. The Labute approximate surface area is 224 Å². The molecular formula is C26H28N4O5S2. The number of amides is 1. The topological polar surface area (TPSA) is 109 Å². The first-order chi connectivity index (χ1) is 17.9. The molecule has 0 bridgehead atoms. The fraction of sp³-hybridized carbons (Fsp3) is 0.423. The Hall–Kier alpha value is -2.86.